The van der Waals surface area contributed by atoms with Crippen molar-refractivity contribution < 1.29 is 22.7 Å². The number of carboxylic acids is 1. The van der Waals surface area contributed by atoms with Crippen molar-refractivity contribution in [3.05, 3.63) is 70.9 Å². The molecule has 30 heavy (non-hydrogen) atoms. The van der Waals surface area contributed by atoms with E-state index in [1.165, 1.54) is 19.1 Å². The van der Waals surface area contributed by atoms with Crippen LogP contribution in [0.4, 0.5) is 10.1 Å². The number of hydrogen-bond donors (Lipinski definition) is 3. The topological polar surface area (TPSA) is 135 Å². The number of rotatable bonds is 4. The second-order valence-corrected chi connectivity index (χ2v) is 7.95. The zero-order valence-electron chi connectivity index (χ0n) is 15.7. The molecule has 0 radical (unpaired) electrons. The Hall–Kier alpha value is -3.66. The van der Waals surface area contributed by atoms with E-state index in [-0.39, 0.29) is 16.9 Å². The molecule has 0 aliphatic carbocycles. The van der Waals surface area contributed by atoms with Crippen LogP contribution >= 0.6 is 0 Å². The quantitative estimate of drug-likeness (QED) is 0.456. The Bertz CT molecular complexity index is 1380. The predicted octanol–water partition coefficient (Wildman–Crippen LogP) is 2.10. The Morgan fingerprint density at radius 1 is 1.10 bits per heavy atom. The zero-order chi connectivity index (χ0) is 21.9. The number of pyridine rings is 1. The molecule has 0 aliphatic rings. The van der Waals surface area contributed by atoms with Gasteiger partial charge in [0.25, 0.3) is 15.6 Å². The molecule has 156 valence electrons. The van der Waals surface area contributed by atoms with E-state index in [0.29, 0.717) is 27.5 Å². The maximum Gasteiger partial charge on any atom is 0.272 e. The lowest BCUT2D eigenvalue weighted by atomic mass is 10.1. The minimum Gasteiger partial charge on any atom is -0.550 e. The molecule has 0 aliphatic heterocycles. The number of halogens is 1. The number of fused-ring (bicyclic) bond motifs is 3. The first-order valence-electron chi connectivity index (χ1n) is 8.82. The fourth-order valence-electron chi connectivity index (χ4n) is 2.73. The maximum absolute atomic E-state index is 13.0. The van der Waals surface area contributed by atoms with Gasteiger partial charge in [-0.2, -0.15) is 0 Å². The summed E-state index contributed by atoms with van der Waals surface area (Å²) >= 11 is 0. The van der Waals surface area contributed by atoms with Crippen LogP contribution in [0.1, 0.15) is 13.3 Å². The fraction of sp³-hybridized carbons (Fsp3) is 0.100. The molecule has 4 aromatic rings. The predicted molar refractivity (Wildman–Crippen MR) is 109 cm³/mol. The molecule has 4 rings (SSSR count). The summed E-state index contributed by atoms with van der Waals surface area (Å²) in [4.78, 5) is 26.8. The average Bonchev–Trinajstić information content (AvgIpc) is 3.20. The number of carboxylic acid groups (broad SMARTS) is 1. The second kappa shape index (κ2) is 8.37. The maximum atomic E-state index is 13.0. The van der Waals surface area contributed by atoms with Crippen molar-refractivity contribution in [2.75, 3.05) is 4.72 Å². The molecule has 3 N–H and O–H groups in total. The van der Waals surface area contributed by atoms with Gasteiger partial charge in [-0.05, 0) is 55.0 Å². The third-order valence-corrected chi connectivity index (χ3v) is 5.59. The summed E-state index contributed by atoms with van der Waals surface area (Å²) in [7, 11) is -3.84. The molecule has 0 amide bonds. The van der Waals surface area contributed by atoms with Crippen molar-refractivity contribution in [2.24, 2.45) is 0 Å². The zero-order valence-corrected chi connectivity index (χ0v) is 16.5. The summed E-state index contributed by atoms with van der Waals surface area (Å²) in [6, 6.07) is 11.1. The lowest BCUT2D eigenvalue weighted by Gasteiger charge is -2.09. The molecule has 2 heterocycles. The van der Waals surface area contributed by atoms with E-state index in [4.69, 9.17) is 0 Å². The Kier molecular flexibility index (Phi) is 5.88. The molecule has 8 nitrogen and oxygen atoms in total. The molecule has 2 aromatic carbocycles. The van der Waals surface area contributed by atoms with Gasteiger partial charge < -0.3 is 19.9 Å². The Labute approximate surface area is 170 Å². The summed E-state index contributed by atoms with van der Waals surface area (Å²) in [6.45, 7) is 1.54. The molecular formula is C20H17FN3O5S-. The molecular weight excluding hydrogens is 413 g/mol. The average molecular weight is 430 g/mol. The summed E-state index contributed by atoms with van der Waals surface area (Å²) in [5, 5.41) is 10.7. The standard InChI is InChI=1S/C17H12FN3O3S.C3H6O2/c18-10-1-4-12(5-2-10)25(23,24)21-11-3-6-15-14(9-11)13-7-8-19-16(13)17(22)20-15;1-2-3(4)5/h1-9,19,21H,(H,20,22);2H2,1H3,(H,4,5)/p-1. The number of aromatic nitrogens is 2. The third kappa shape index (κ3) is 4.49. The van der Waals surface area contributed by atoms with Crippen LogP contribution in [0.5, 0.6) is 0 Å². The Balaban J connectivity index is 0.000000461. The van der Waals surface area contributed by atoms with E-state index < -0.39 is 21.8 Å². The molecule has 0 atom stereocenters. The first-order chi connectivity index (χ1) is 14.2. The van der Waals surface area contributed by atoms with Gasteiger partial charge in [-0.1, -0.05) is 6.92 Å². The SMILES string of the molecule is CCC(=O)[O-].O=c1[nH]c2ccc(NS(=O)(=O)c3ccc(F)cc3)cc2c2cc[nH]c12. The molecule has 0 saturated carbocycles. The molecule has 0 saturated heterocycles. The van der Waals surface area contributed by atoms with Gasteiger partial charge in [0.2, 0.25) is 0 Å². The molecule has 0 unspecified atom stereocenters. The largest absolute Gasteiger partial charge is 0.550 e. The molecule has 10 heteroatoms. The van der Waals surface area contributed by atoms with E-state index in [1.54, 1.807) is 30.5 Å². The summed E-state index contributed by atoms with van der Waals surface area (Å²) in [5.41, 5.74) is 1.12. The first kappa shape index (κ1) is 21.1. The van der Waals surface area contributed by atoms with Crippen molar-refractivity contribution >= 4 is 43.5 Å². The van der Waals surface area contributed by atoms with Crippen LogP contribution in [-0.4, -0.2) is 24.4 Å². The van der Waals surface area contributed by atoms with Gasteiger partial charge in [0, 0.05) is 34.1 Å². The number of aromatic amines is 2. The van der Waals surface area contributed by atoms with Crippen LogP contribution in [0.3, 0.4) is 0 Å². The van der Waals surface area contributed by atoms with E-state index in [0.717, 1.165) is 12.1 Å². The molecule has 0 bridgehead atoms. The van der Waals surface area contributed by atoms with Gasteiger partial charge in [0.05, 0.1) is 4.90 Å². The molecule has 2 aromatic heterocycles. The van der Waals surface area contributed by atoms with Crippen LogP contribution in [0.2, 0.25) is 0 Å². The lowest BCUT2D eigenvalue weighted by Crippen LogP contribution is -2.19. The van der Waals surface area contributed by atoms with Crippen LogP contribution in [-0.2, 0) is 14.8 Å². The monoisotopic (exact) mass is 430 g/mol. The lowest BCUT2D eigenvalue weighted by molar-refractivity contribution is -0.305. The van der Waals surface area contributed by atoms with Gasteiger partial charge in [-0.15, -0.1) is 0 Å². The van der Waals surface area contributed by atoms with Crippen molar-refractivity contribution in [2.45, 2.75) is 18.2 Å². The summed E-state index contributed by atoms with van der Waals surface area (Å²) < 4.78 is 40.3. The molecule has 0 fully saturated rings. The normalized spacial score (nSPS) is 11.1. The van der Waals surface area contributed by atoms with Gasteiger partial charge in [-0.25, -0.2) is 12.8 Å². The number of nitrogens with one attached hydrogen (secondary N) is 3. The van der Waals surface area contributed by atoms with Gasteiger partial charge >= 0.3 is 0 Å². The van der Waals surface area contributed by atoms with E-state index >= 15 is 0 Å². The van der Waals surface area contributed by atoms with Gasteiger partial charge in [0.15, 0.2) is 0 Å². The number of H-pyrrole nitrogens is 2. The van der Waals surface area contributed by atoms with Crippen LogP contribution in [0, 0.1) is 5.82 Å². The first-order valence-corrected chi connectivity index (χ1v) is 10.3. The smallest absolute Gasteiger partial charge is 0.272 e. The van der Waals surface area contributed by atoms with Crippen molar-refractivity contribution in [1.29, 1.82) is 0 Å². The minimum atomic E-state index is -3.84. The highest BCUT2D eigenvalue weighted by atomic mass is 32.2. The third-order valence-electron chi connectivity index (χ3n) is 4.20. The summed E-state index contributed by atoms with van der Waals surface area (Å²) in [5.74, 6) is -1.51. The number of anilines is 1. The number of hydrogen-bond acceptors (Lipinski definition) is 5. The van der Waals surface area contributed by atoms with Crippen molar-refractivity contribution in [3.63, 3.8) is 0 Å². The Morgan fingerprint density at radius 2 is 1.77 bits per heavy atom. The highest BCUT2D eigenvalue weighted by molar-refractivity contribution is 7.92. The van der Waals surface area contributed by atoms with Crippen molar-refractivity contribution in [1.82, 2.24) is 9.97 Å². The van der Waals surface area contributed by atoms with E-state index in [9.17, 15) is 27.5 Å². The fourth-order valence-corrected chi connectivity index (χ4v) is 3.78. The highest BCUT2D eigenvalue weighted by Gasteiger charge is 2.15. The minimum absolute atomic E-state index is 0.0396. The van der Waals surface area contributed by atoms with E-state index in [1.807, 2.05) is 0 Å². The number of benzene rings is 2. The Morgan fingerprint density at radius 3 is 2.40 bits per heavy atom. The van der Waals surface area contributed by atoms with Crippen LogP contribution in [0.25, 0.3) is 21.8 Å². The van der Waals surface area contributed by atoms with Gasteiger partial charge in [0.1, 0.15) is 11.3 Å². The van der Waals surface area contributed by atoms with Gasteiger partial charge in [-0.3, -0.25) is 9.52 Å². The number of sulfonamides is 1. The number of carbonyl (C=O) groups is 1. The van der Waals surface area contributed by atoms with Crippen molar-refractivity contribution in [3.8, 4) is 0 Å². The molecule has 0 spiro atoms. The van der Waals surface area contributed by atoms with Crippen LogP contribution < -0.4 is 15.4 Å². The number of aliphatic carboxylic acids is 1. The number of carbonyl (C=O) groups excluding carboxylic acids is 1. The van der Waals surface area contributed by atoms with E-state index in [2.05, 4.69) is 14.7 Å². The summed E-state index contributed by atoms with van der Waals surface area (Å²) in [6.07, 6.45) is 1.76. The highest BCUT2D eigenvalue weighted by Crippen LogP contribution is 2.25. The second-order valence-electron chi connectivity index (χ2n) is 6.27. The van der Waals surface area contributed by atoms with Crippen LogP contribution in [0.15, 0.2) is 64.4 Å².